The van der Waals surface area contributed by atoms with Crippen molar-refractivity contribution < 1.29 is 13.6 Å². The highest BCUT2D eigenvalue weighted by atomic mass is 32.2. The van der Waals surface area contributed by atoms with Crippen LogP contribution in [0.4, 0.5) is 14.5 Å². The number of carbonyl (C=O) groups is 1. The van der Waals surface area contributed by atoms with Crippen molar-refractivity contribution >= 4 is 23.4 Å². The van der Waals surface area contributed by atoms with Gasteiger partial charge in [-0.05, 0) is 49.4 Å². The van der Waals surface area contributed by atoms with Crippen molar-refractivity contribution in [3.63, 3.8) is 0 Å². The fourth-order valence-electron chi connectivity index (χ4n) is 2.50. The molecule has 2 aromatic carbocycles. The molecule has 0 spiro atoms. The molecule has 28 heavy (non-hydrogen) atoms. The van der Waals surface area contributed by atoms with E-state index in [1.807, 2.05) is 0 Å². The molecule has 0 radical (unpaired) electrons. The zero-order valence-corrected chi connectivity index (χ0v) is 15.9. The van der Waals surface area contributed by atoms with Crippen molar-refractivity contribution in [2.75, 3.05) is 5.32 Å². The maximum atomic E-state index is 13.3. The summed E-state index contributed by atoms with van der Waals surface area (Å²) in [5.74, 6) is -0.490. The number of nitrogens with zero attached hydrogens (tertiary/aromatic N) is 3. The van der Waals surface area contributed by atoms with E-state index >= 15 is 0 Å². The number of carbonyl (C=O) groups excluding carboxylic acids is 1. The lowest BCUT2D eigenvalue weighted by Crippen LogP contribution is -2.23. The van der Waals surface area contributed by atoms with E-state index in [2.05, 4.69) is 22.1 Å². The van der Waals surface area contributed by atoms with Crippen LogP contribution in [-0.4, -0.2) is 25.9 Å². The highest BCUT2D eigenvalue weighted by molar-refractivity contribution is 8.00. The van der Waals surface area contributed by atoms with Crippen molar-refractivity contribution in [1.82, 2.24) is 14.8 Å². The third-order valence-electron chi connectivity index (χ3n) is 3.87. The van der Waals surface area contributed by atoms with Gasteiger partial charge in [0.2, 0.25) is 5.91 Å². The highest BCUT2D eigenvalue weighted by Gasteiger charge is 2.20. The predicted octanol–water partition coefficient (Wildman–Crippen LogP) is 4.53. The third-order valence-corrected chi connectivity index (χ3v) is 4.95. The number of halogens is 2. The first-order chi connectivity index (χ1) is 13.5. The standard InChI is InChI=1S/C20H18F2N4OS/c1-3-11-26-18(14-7-9-15(21)10-8-14)24-25-20(26)28-13(2)19(27)23-17-6-4-5-16(22)12-17/h3-10,12-13H,1,11H2,2H3,(H,23,27)/t13-/m1/s1. The summed E-state index contributed by atoms with van der Waals surface area (Å²) in [5.41, 5.74) is 1.09. The number of aromatic nitrogens is 3. The largest absolute Gasteiger partial charge is 0.325 e. The Morgan fingerprint density at radius 3 is 2.64 bits per heavy atom. The molecule has 144 valence electrons. The topological polar surface area (TPSA) is 59.8 Å². The quantitative estimate of drug-likeness (QED) is 0.468. The number of thioether (sulfide) groups is 1. The number of hydrogen-bond donors (Lipinski definition) is 1. The van der Waals surface area contributed by atoms with Crippen LogP contribution >= 0.6 is 11.8 Å². The number of allylic oxidation sites excluding steroid dienone is 1. The summed E-state index contributed by atoms with van der Waals surface area (Å²) in [6.45, 7) is 5.90. The molecule has 1 aromatic heterocycles. The van der Waals surface area contributed by atoms with Gasteiger partial charge in [0.15, 0.2) is 11.0 Å². The third kappa shape index (κ3) is 4.64. The van der Waals surface area contributed by atoms with Crippen molar-refractivity contribution in [2.45, 2.75) is 23.9 Å². The number of benzene rings is 2. The summed E-state index contributed by atoms with van der Waals surface area (Å²) >= 11 is 1.22. The SMILES string of the molecule is C=CCn1c(S[C@H](C)C(=O)Nc2cccc(F)c2)nnc1-c1ccc(F)cc1. The van der Waals surface area contributed by atoms with E-state index in [4.69, 9.17) is 0 Å². The van der Waals surface area contributed by atoms with Crippen molar-refractivity contribution in [3.05, 3.63) is 72.8 Å². The van der Waals surface area contributed by atoms with Gasteiger partial charge in [0.05, 0.1) is 5.25 Å². The molecular weight excluding hydrogens is 382 g/mol. The van der Waals surface area contributed by atoms with Crippen LogP contribution in [0.2, 0.25) is 0 Å². The Kier molecular flexibility index (Phi) is 6.20. The molecule has 0 saturated carbocycles. The van der Waals surface area contributed by atoms with Gasteiger partial charge in [-0.15, -0.1) is 16.8 Å². The summed E-state index contributed by atoms with van der Waals surface area (Å²) in [6.07, 6.45) is 1.69. The van der Waals surface area contributed by atoms with E-state index in [1.165, 1.54) is 42.1 Å². The molecule has 1 amide bonds. The smallest absolute Gasteiger partial charge is 0.237 e. The Bertz CT molecular complexity index is 988. The van der Waals surface area contributed by atoms with Gasteiger partial charge in [0, 0.05) is 17.8 Å². The second-order valence-electron chi connectivity index (χ2n) is 5.97. The molecule has 3 rings (SSSR count). The molecule has 0 aliphatic carbocycles. The van der Waals surface area contributed by atoms with E-state index in [9.17, 15) is 13.6 Å². The second kappa shape index (κ2) is 8.79. The minimum atomic E-state index is -0.503. The molecule has 3 aromatic rings. The van der Waals surface area contributed by atoms with E-state index in [0.717, 1.165) is 0 Å². The number of hydrogen-bond acceptors (Lipinski definition) is 4. The fraction of sp³-hybridized carbons (Fsp3) is 0.150. The van der Waals surface area contributed by atoms with Crippen LogP contribution in [0.3, 0.4) is 0 Å². The normalized spacial score (nSPS) is 11.8. The first-order valence-electron chi connectivity index (χ1n) is 8.51. The second-order valence-corrected chi connectivity index (χ2v) is 7.28. The maximum Gasteiger partial charge on any atom is 0.237 e. The van der Waals surface area contributed by atoms with Crippen LogP contribution in [0.15, 0.2) is 66.3 Å². The van der Waals surface area contributed by atoms with Gasteiger partial charge < -0.3 is 5.32 Å². The Balaban J connectivity index is 1.78. The van der Waals surface area contributed by atoms with Gasteiger partial charge in [-0.3, -0.25) is 9.36 Å². The highest BCUT2D eigenvalue weighted by Crippen LogP contribution is 2.27. The molecule has 0 fully saturated rings. The summed E-state index contributed by atoms with van der Waals surface area (Å²) in [6, 6.07) is 11.6. The number of rotatable bonds is 7. The summed E-state index contributed by atoms with van der Waals surface area (Å²) in [5, 5.41) is 11.1. The van der Waals surface area contributed by atoms with Gasteiger partial charge in [0.1, 0.15) is 11.6 Å². The fourth-order valence-corrected chi connectivity index (χ4v) is 3.36. The van der Waals surface area contributed by atoms with E-state index in [-0.39, 0.29) is 11.7 Å². The molecule has 1 atom stereocenters. The van der Waals surface area contributed by atoms with E-state index < -0.39 is 11.1 Å². The molecule has 0 aliphatic rings. The van der Waals surface area contributed by atoms with Crippen LogP contribution in [0, 0.1) is 11.6 Å². The molecule has 5 nitrogen and oxygen atoms in total. The summed E-state index contributed by atoms with van der Waals surface area (Å²) in [7, 11) is 0. The van der Waals surface area contributed by atoms with Crippen LogP contribution in [0.1, 0.15) is 6.92 Å². The van der Waals surface area contributed by atoms with Gasteiger partial charge in [0.25, 0.3) is 0 Å². The molecule has 0 unspecified atom stereocenters. The molecule has 1 heterocycles. The van der Waals surface area contributed by atoms with Gasteiger partial charge in [-0.25, -0.2) is 8.78 Å². The lowest BCUT2D eigenvalue weighted by atomic mass is 10.2. The molecule has 0 aliphatic heterocycles. The zero-order chi connectivity index (χ0) is 20.1. The minimum absolute atomic E-state index is 0.285. The molecule has 1 N–H and O–H groups in total. The average Bonchev–Trinajstić information content (AvgIpc) is 3.05. The Labute approximate surface area is 165 Å². The number of nitrogens with one attached hydrogen (secondary N) is 1. The lowest BCUT2D eigenvalue weighted by molar-refractivity contribution is -0.115. The zero-order valence-electron chi connectivity index (χ0n) is 15.1. The first-order valence-corrected chi connectivity index (χ1v) is 9.39. The predicted molar refractivity (Wildman–Crippen MR) is 106 cm³/mol. The number of amides is 1. The van der Waals surface area contributed by atoms with Gasteiger partial charge in [-0.2, -0.15) is 0 Å². The minimum Gasteiger partial charge on any atom is -0.325 e. The van der Waals surface area contributed by atoms with Crippen LogP contribution in [-0.2, 0) is 11.3 Å². The maximum absolute atomic E-state index is 13.3. The van der Waals surface area contributed by atoms with Crippen molar-refractivity contribution in [2.24, 2.45) is 0 Å². The molecule has 0 bridgehead atoms. The lowest BCUT2D eigenvalue weighted by Gasteiger charge is -2.13. The van der Waals surface area contributed by atoms with E-state index in [1.54, 1.807) is 35.8 Å². The Hall–Kier alpha value is -3.00. The molecule has 0 saturated heterocycles. The van der Waals surface area contributed by atoms with Gasteiger partial charge >= 0.3 is 0 Å². The average molecular weight is 400 g/mol. The summed E-state index contributed by atoms with van der Waals surface area (Å²) < 4.78 is 28.3. The number of anilines is 1. The Morgan fingerprint density at radius 2 is 1.96 bits per heavy atom. The van der Waals surface area contributed by atoms with Crippen molar-refractivity contribution in [1.29, 1.82) is 0 Å². The summed E-state index contributed by atoms with van der Waals surface area (Å²) in [4.78, 5) is 12.4. The van der Waals surface area contributed by atoms with Gasteiger partial charge in [-0.1, -0.05) is 23.9 Å². The van der Waals surface area contributed by atoms with Crippen molar-refractivity contribution in [3.8, 4) is 11.4 Å². The van der Waals surface area contributed by atoms with Crippen LogP contribution < -0.4 is 5.32 Å². The van der Waals surface area contributed by atoms with E-state index in [0.29, 0.717) is 28.8 Å². The molecule has 8 heteroatoms. The molecular formula is C20H18F2N4OS. The van der Waals surface area contributed by atoms with Crippen LogP contribution in [0.5, 0.6) is 0 Å². The first kappa shape index (κ1) is 19.8. The van der Waals surface area contributed by atoms with Crippen LogP contribution in [0.25, 0.3) is 11.4 Å². The monoisotopic (exact) mass is 400 g/mol. The Morgan fingerprint density at radius 1 is 1.21 bits per heavy atom.